The lowest BCUT2D eigenvalue weighted by molar-refractivity contribution is -0.144. The largest absolute Gasteiger partial charge is 0.481 e. The second-order valence-electron chi connectivity index (χ2n) is 2.08. The number of carbonyl (C=O) groups excluding carboxylic acids is 1. The topological polar surface area (TPSA) is 63.6 Å². The monoisotopic (exact) mass is 158 g/mol. The molecule has 0 fully saturated rings. The Morgan fingerprint density at radius 3 is 2.27 bits per heavy atom. The lowest BCUT2D eigenvalue weighted by atomic mass is 10.0. The third kappa shape index (κ3) is 2.41. The van der Waals surface area contributed by atoms with Gasteiger partial charge in [0.15, 0.2) is 0 Å². The number of rotatable bonds is 3. The van der Waals surface area contributed by atoms with Crippen LogP contribution in [0, 0.1) is 5.92 Å². The van der Waals surface area contributed by atoms with E-state index in [9.17, 15) is 9.59 Å². The fourth-order valence-electron chi connectivity index (χ4n) is 0.457. The minimum absolute atomic E-state index is 0.0417. The number of methoxy groups -OCH3 is 1. The van der Waals surface area contributed by atoms with Crippen LogP contribution in [0.5, 0.6) is 0 Å². The average Bonchev–Trinajstić information content (AvgIpc) is 2.00. The minimum atomic E-state index is -1.08. The highest BCUT2D eigenvalue weighted by Crippen LogP contribution is 2.09. The molecule has 0 aliphatic carbocycles. The number of ether oxygens (including phenoxy) is 1. The zero-order valence-electron chi connectivity index (χ0n) is 6.46. The summed E-state index contributed by atoms with van der Waals surface area (Å²) in [7, 11) is 1.18. The Labute approximate surface area is 64.5 Å². The molecule has 0 heterocycles. The van der Waals surface area contributed by atoms with Gasteiger partial charge in [0.05, 0.1) is 13.0 Å². The highest BCUT2D eigenvalue weighted by molar-refractivity contribution is 5.94. The van der Waals surface area contributed by atoms with E-state index in [1.807, 2.05) is 0 Å². The van der Waals surface area contributed by atoms with E-state index in [2.05, 4.69) is 11.3 Å². The smallest absolute Gasteiger partial charge is 0.333 e. The summed E-state index contributed by atoms with van der Waals surface area (Å²) >= 11 is 0. The lowest BCUT2D eigenvalue weighted by Crippen LogP contribution is -2.18. The van der Waals surface area contributed by atoms with Gasteiger partial charge in [0.25, 0.3) is 0 Å². The van der Waals surface area contributed by atoms with Gasteiger partial charge in [-0.05, 0) is 6.92 Å². The zero-order valence-corrected chi connectivity index (χ0v) is 6.46. The molecule has 0 aliphatic rings. The predicted molar refractivity (Wildman–Crippen MR) is 38.0 cm³/mol. The van der Waals surface area contributed by atoms with Crippen molar-refractivity contribution in [2.24, 2.45) is 5.92 Å². The second kappa shape index (κ2) is 3.75. The van der Waals surface area contributed by atoms with Crippen LogP contribution in [-0.4, -0.2) is 24.2 Å². The molecule has 0 saturated carbocycles. The maximum Gasteiger partial charge on any atom is 0.333 e. The number of hydrogen-bond acceptors (Lipinski definition) is 3. The molecular formula is C7H10O4. The van der Waals surface area contributed by atoms with E-state index >= 15 is 0 Å². The van der Waals surface area contributed by atoms with Gasteiger partial charge in [-0.3, -0.25) is 4.79 Å². The van der Waals surface area contributed by atoms with Crippen molar-refractivity contribution < 1.29 is 19.4 Å². The first-order valence-corrected chi connectivity index (χ1v) is 3.00. The van der Waals surface area contributed by atoms with Crippen LogP contribution in [0.2, 0.25) is 0 Å². The molecule has 0 radical (unpaired) electrons. The summed E-state index contributed by atoms with van der Waals surface area (Å²) in [5.41, 5.74) is -0.0417. The van der Waals surface area contributed by atoms with Crippen molar-refractivity contribution in [3.05, 3.63) is 12.2 Å². The number of carboxylic acids is 1. The molecule has 62 valence electrons. The van der Waals surface area contributed by atoms with E-state index < -0.39 is 17.9 Å². The van der Waals surface area contributed by atoms with Gasteiger partial charge < -0.3 is 9.84 Å². The van der Waals surface area contributed by atoms with Gasteiger partial charge in [0, 0.05) is 5.57 Å². The summed E-state index contributed by atoms with van der Waals surface area (Å²) in [5, 5.41) is 8.43. The van der Waals surface area contributed by atoms with Gasteiger partial charge in [-0.25, -0.2) is 4.79 Å². The van der Waals surface area contributed by atoms with E-state index in [4.69, 9.17) is 5.11 Å². The Morgan fingerprint density at radius 1 is 1.55 bits per heavy atom. The van der Waals surface area contributed by atoms with Gasteiger partial charge in [0.2, 0.25) is 0 Å². The predicted octanol–water partition coefficient (Wildman–Crippen LogP) is 0.436. The molecule has 0 aromatic rings. The van der Waals surface area contributed by atoms with Crippen LogP contribution in [0.1, 0.15) is 6.92 Å². The fourth-order valence-corrected chi connectivity index (χ4v) is 0.457. The van der Waals surface area contributed by atoms with Gasteiger partial charge in [-0.15, -0.1) is 0 Å². The van der Waals surface area contributed by atoms with E-state index in [1.165, 1.54) is 14.0 Å². The van der Waals surface area contributed by atoms with Crippen LogP contribution < -0.4 is 0 Å². The summed E-state index contributed by atoms with van der Waals surface area (Å²) in [5.74, 6) is -2.65. The maximum atomic E-state index is 10.7. The molecular weight excluding hydrogens is 148 g/mol. The van der Waals surface area contributed by atoms with Crippen molar-refractivity contribution in [2.75, 3.05) is 7.11 Å². The number of esters is 1. The summed E-state index contributed by atoms with van der Waals surface area (Å²) in [6, 6.07) is 0. The summed E-state index contributed by atoms with van der Waals surface area (Å²) in [6.07, 6.45) is 0. The fraction of sp³-hybridized carbons (Fsp3) is 0.429. The van der Waals surface area contributed by atoms with E-state index in [1.54, 1.807) is 0 Å². The first-order valence-electron chi connectivity index (χ1n) is 3.00. The third-order valence-corrected chi connectivity index (χ3v) is 1.34. The Morgan fingerprint density at radius 2 is 2.00 bits per heavy atom. The SMILES string of the molecule is C=C(C(=O)OC)C(C)C(=O)O. The van der Waals surface area contributed by atoms with Crippen molar-refractivity contribution >= 4 is 11.9 Å². The van der Waals surface area contributed by atoms with Crippen LogP contribution in [-0.2, 0) is 14.3 Å². The molecule has 0 aliphatic heterocycles. The first kappa shape index (κ1) is 9.68. The second-order valence-corrected chi connectivity index (χ2v) is 2.08. The highest BCUT2D eigenvalue weighted by Gasteiger charge is 2.20. The van der Waals surface area contributed by atoms with Crippen molar-refractivity contribution in [1.82, 2.24) is 0 Å². The summed E-state index contributed by atoms with van der Waals surface area (Å²) < 4.78 is 4.28. The first-order chi connectivity index (χ1) is 5.00. The summed E-state index contributed by atoms with van der Waals surface area (Å²) in [6.45, 7) is 4.67. The molecule has 4 heteroatoms. The molecule has 0 bridgehead atoms. The molecule has 1 atom stereocenters. The Bertz CT molecular complexity index is 195. The van der Waals surface area contributed by atoms with Gasteiger partial charge in [0.1, 0.15) is 0 Å². The normalized spacial score (nSPS) is 11.8. The lowest BCUT2D eigenvalue weighted by Gasteiger charge is -2.06. The molecule has 0 amide bonds. The molecule has 0 spiro atoms. The molecule has 0 aromatic carbocycles. The number of carbonyl (C=O) groups is 2. The van der Waals surface area contributed by atoms with Gasteiger partial charge in [-0.1, -0.05) is 6.58 Å². The van der Waals surface area contributed by atoms with Crippen molar-refractivity contribution in [3.63, 3.8) is 0 Å². The zero-order chi connectivity index (χ0) is 9.02. The molecule has 11 heavy (non-hydrogen) atoms. The van der Waals surface area contributed by atoms with Crippen molar-refractivity contribution in [3.8, 4) is 0 Å². The van der Waals surface area contributed by atoms with E-state index in [-0.39, 0.29) is 5.57 Å². The molecule has 1 unspecified atom stereocenters. The quantitative estimate of drug-likeness (QED) is 0.478. The average molecular weight is 158 g/mol. The Kier molecular flexibility index (Phi) is 3.30. The molecule has 0 rings (SSSR count). The van der Waals surface area contributed by atoms with Crippen molar-refractivity contribution in [1.29, 1.82) is 0 Å². The number of carboxylic acid groups (broad SMARTS) is 1. The number of aliphatic carboxylic acids is 1. The van der Waals surface area contributed by atoms with Crippen LogP contribution in [0.3, 0.4) is 0 Å². The van der Waals surface area contributed by atoms with Gasteiger partial charge >= 0.3 is 11.9 Å². The van der Waals surface area contributed by atoms with Crippen LogP contribution in [0.15, 0.2) is 12.2 Å². The summed E-state index contributed by atoms with van der Waals surface area (Å²) in [4.78, 5) is 21.0. The van der Waals surface area contributed by atoms with E-state index in [0.29, 0.717) is 0 Å². The third-order valence-electron chi connectivity index (χ3n) is 1.34. The Balaban J connectivity index is 4.25. The van der Waals surface area contributed by atoms with Crippen molar-refractivity contribution in [2.45, 2.75) is 6.92 Å². The van der Waals surface area contributed by atoms with Gasteiger partial charge in [-0.2, -0.15) is 0 Å². The minimum Gasteiger partial charge on any atom is -0.481 e. The molecule has 0 saturated heterocycles. The molecule has 1 N–H and O–H groups in total. The molecule has 4 nitrogen and oxygen atoms in total. The van der Waals surface area contributed by atoms with E-state index in [0.717, 1.165) is 0 Å². The van der Waals surface area contributed by atoms with Crippen LogP contribution in [0.4, 0.5) is 0 Å². The Hall–Kier alpha value is -1.32. The standard InChI is InChI=1S/C7H10O4/c1-4(6(8)9)5(2)7(10)11-3/h4H,2H2,1,3H3,(H,8,9). The van der Waals surface area contributed by atoms with Crippen LogP contribution >= 0.6 is 0 Å². The molecule has 0 aromatic heterocycles. The number of hydrogen-bond donors (Lipinski definition) is 1. The van der Waals surface area contributed by atoms with Crippen LogP contribution in [0.25, 0.3) is 0 Å². The maximum absolute atomic E-state index is 10.7. The highest BCUT2D eigenvalue weighted by atomic mass is 16.5.